The third-order valence-corrected chi connectivity index (χ3v) is 4.17. The molecule has 5 heteroatoms. The van der Waals surface area contributed by atoms with Crippen molar-refractivity contribution in [3.8, 4) is 10.7 Å². The zero-order chi connectivity index (χ0) is 13.9. The van der Waals surface area contributed by atoms with Crippen LogP contribution in [-0.2, 0) is 0 Å². The lowest BCUT2D eigenvalue weighted by Crippen LogP contribution is -2.04. The highest BCUT2D eigenvalue weighted by atomic mass is 35.5. The number of aromatic nitrogens is 2. The number of fused-ring (bicyclic) bond motifs is 1. The Kier molecular flexibility index (Phi) is 3.85. The summed E-state index contributed by atoms with van der Waals surface area (Å²) in [4.78, 5) is 10.3. The summed E-state index contributed by atoms with van der Waals surface area (Å²) in [6, 6.07) is 11.9. The van der Waals surface area contributed by atoms with E-state index in [2.05, 4.69) is 22.2 Å². The van der Waals surface area contributed by atoms with Crippen molar-refractivity contribution in [2.45, 2.75) is 13.3 Å². The summed E-state index contributed by atoms with van der Waals surface area (Å²) in [6.45, 7) is 3.03. The molecule has 0 unspecified atom stereocenters. The Hall–Kier alpha value is -1.65. The quantitative estimate of drug-likeness (QED) is 0.750. The van der Waals surface area contributed by atoms with Crippen LogP contribution in [0, 0.1) is 0 Å². The molecule has 0 aliphatic rings. The fraction of sp³-hybridized carbons (Fsp3) is 0.200. The molecule has 3 aromatic rings. The average molecular weight is 304 g/mol. The average Bonchev–Trinajstić information content (AvgIpc) is 2.91. The van der Waals surface area contributed by atoms with Gasteiger partial charge in [0.2, 0.25) is 0 Å². The molecule has 0 amide bonds. The molecule has 0 aliphatic carbocycles. The Morgan fingerprint density at radius 3 is 2.75 bits per heavy atom. The lowest BCUT2D eigenvalue weighted by molar-refractivity contribution is 0.970. The minimum Gasteiger partial charge on any atom is -0.369 e. The van der Waals surface area contributed by atoms with Gasteiger partial charge in [-0.05, 0) is 30.7 Å². The van der Waals surface area contributed by atoms with E-state index in [1.165, 1.54) is 11.3 Å². The first-order valence-corrected chi connectivity index (χ1v) is 7.73. The maximum absolute atomic E-state index is 6.00. The summed E-state index contributed by atoms with van der Waals surface area (Å²) >= 11 is 7.49. The number of anilines is 1. The Labute approximate surface area is 126 Å². The number of halogens is 1. The van der Waals surface area contributed by atoms with Crippen LogP contribution in [-0.4, -0.2) is 16.5 Å². The fourth-order valence-electron chi connectivity index (χ4n) is 2.00. The number of nitrogens with zero attached hydrogens (tertiary/aromatic N) is 2. The van der Waals surface area contributed by atoms with Crippen LogP contribution in [0.25, 0.3) is 21.6 Å². The number of thiophene rings is 1. The molecule has 3 rings (SSSR count). The van der Waals surface area contributed by atoms with E-state index >= 15 is 0 Å². The molecule has 1 N–H and O–H groups in total. The molecule has 0 saturated carbocycles. The first-order valence-electron chi connectivity index (χ1n) is 6.54. The second-order valence-electron chi connectivity index (χ2n) is 4.44. The smallest absolute Gasteiger partial charge is 0.172 e. The lowest BCUT2D eigenvalue weighted by Gasteiger charge is -2.09. The number of rotatable bonds is 4. The van der Waals surface area contributed by atoms with Crippen LogP contribution in [0.4, 0.5) is 5.82 Å². The first-order chi connectivity index (χ1) is 9.78. The minimum absolute atomic E-state index is 0.721. The third kappa shape index (κ3) is 2.62. The Morgan fingerprint density at radius 1 is 1.15 bits per heavy atom. The van der Waals surface area contributed by atoms with Gasteiger partial charge in [0.05, 0.1) is 14.7 Å². The van der Waals surface area contributed by atoms with E-state index in [0.29, 0.717) is 0 Å². The third-order valence-electron chi connectivity index (χ3n) is 2.94. The summed E-state index contributed by atoms with van der Waals surface area (Å²) in [5.74, 6) is 1.61. The van der Waals surface area contributed by atoms with Crippen LogP contribution in [0.5, 0.6) is 0 Å². The highest BCUT2D eigenvalue weighted by molar-refractivity contribution is 7.19. The van der Waals surface area contributed by atoms with Crippen molar-refractivity contribution in [2.75, 3.05) is 11.9 Å². The molecule has 0 aliphatic heterocycles. The predicted octanol–water partition coefficient (Wildman–Crippen LogP) is 4.83. The molecule has 102 valence electrons. The van der Waals surface area contributed by atoms with Crippen molar-refractivity contribution in [3.63, 3.8) is 0 Å². The number of hydrogen-bond acceptors (Lipinski definition) is 4. The zero-order valence-electron chi connectivity index (χ0n) is 11.1. The highest BCUT2D eigenvalue weighted by Gasteiger charge is 2.10. The maximum atomic E-state index is 6.00. The fourth-order valence-corrected chi connectivity index (χ4v) is 2.98. The molecular formula is C15H14ClN3S. The van der Waals surface area contributed by atoms with Gasteiger partial charge in [-0.15, -0.1) is 11.3 Å². The highest BCUT2D eigenvalue weighted by Crippen LogP contribution is 2.31. The second-order valence-corrected chi connectivity index (χ2v) is 6.16. The number of para-hydroxylation sites is 1. The molecule has 0 spiro atoms. The van der Waals surface area contributed by atoms with Crippen LogP contribution in [0.1, 0.15) is 13.3 Å². The Bertz CT molecular complexity index is 739. The summed E-state index contributed by atoms with van der Waals surface area (Å²) in [5, 5.41) is 4.42. The van der Waals surface area contributed by atoms with E-state index in [9.17, 15) is 0 Å². The summed E-state index contributed by atoms with van der Waals surface area (Å²) in [6.07, 6.45) is 1.05. The maximum Gasteiger partial charge on any atom is 0.172 e. The monoisotopic (exact) mass is 303 g/mol. The molecule has 0 fully saturated rings. The van der Waals surface area contributed by atoms with Gasteiger partial charge in [-0.25, -0.2) is 9.97 Å². The standard InChI is InChI=1S/C15H14ClN3S/c1-2-9-17-14-10-5-3-4-6-11(10)18-15(19-14)12-7-8-13(16)20-12/h3-8H,2,9H2,1H3,(H,17,18,19). The zero-order valence-corrected chi connectivity index (χ0v) is 12.6. The molecule has 3 nitrogen and oxygen atoms in total. The van der Waals surface area contributed by atoms with Crippen LogP contribution in [0.2, 0.25) is 4.34 Å². The van der Waals surface area contributed by atoms with E-state index in [-0.39, 0.29) is 0 Å². The summed E-state index contributed by atoms with van der Waals surface area (Å²) in [7, 11) is 0. The van der Waals surface area contributed by atoms with E-state index in [4.69, 9.17) is 11.6 Å². The predicted molar refractivity (Wildman–Crippen MR) is 86.6 cm³/mol. The van der Waals surface area contributed by atoms with Gasteiger partial charge in [0, 0.05) is 11.9 Å². The summed E-state index contributed by atoms with van der Waals surface area (Å²) in [5.41, 5.74) is 0.945. The van der Waals surface area contributed by atoms with Gasteiger partial charge < -0.3 is 5.32 Å². The topological polar surface area (TPSA) is 37.8 Å². The van der Waals surface area contributed by atoms with E-state index in [1.54, 1.807) is 0 Å². The van der Waals surface area contributed by atoms with Gasteiger partial charge in [-0.1, -0.05) is 30.7 Å². The second kappa shape index (κ2) is 5.77. The Balaban J connectivity index is 2.14. The van der Waals surface area contributed by atoms with Gasteiger partial charge >= 0.3 is 0 Å². The molecule has 2 heterocycles. The molecule has 2 aromatic heterocycles. The van der Waals surface area contributed by atoms with Crippen molar-refractivity contribution in [3.05, 3.63) is 40.7 Å². The SMILES string of the molecule is CCCNc1nc(-c2ccc(Cl)s2)nc2ccccc12. The van der Waals surface area contributed by atoms with Crippen LogP contribution < -0.4 is 5.32 Å². The largest absolute Gasteiger partial charge is 0.369 e. The molecule has 0 radical (unpaired) electrons. The number of benzene rings is 1. The minimum atomic E-state index is 0.721. The van der Waals surface area contributed by atoms with E-state index in [1.807, 2.05) is 36.4 Å². The van der Waals surface area contributed by atoms with Crippen molar-refractivity contribution >= 4 is 39.7 Å². The molecule has 20 heavy (non-hydrogen) atoms. The lowest BCUT2D eigenvalue weighted by atomic mass is 10.2. The van der Waals surface area contributed by atoms with E-state index < -0.39 is 0 Å². The van der Waals surface area contributed by atoms with Crippen LogP contribution in [0.15, 0.2) is 36.4 Å². The van der Waals surface area contributed by atoms with Crippen LogP contribution >= 0.6 is 22.9 Å². The van der Waals surface area contributed by atoms with Gasteiger partial charge in [0.25, 0.3) is 0 Å². The van der Waals surface area contributed by atoms with Crippen molar-refractivity contribution in [1.82, 2.24) is 9.97 Å². The summed E-state index contributed by atoms with van der Waals surface area (Å²) < 4.78 is 0.750. The van der Waals surface area contributed by atoms with Gasteiger partial charge in [0.1, 0.15) is 5.82 Å². The molecule has 0 bridgehead atoms. The van der Waals surface area contributed by atoms with Gasteiger partial charge in [-0.3, -0.25) is 0 Å². The van der Waals surface area contributed by atoms with Gasteiger partial charge in [-0.2, -0.15) is 0 Å². The number of hydrogen-bond donors (Lipinski definition) is 1. The number of nitrogens with one attached hydrogen (secondary N) is 1. The molecule has 0 atom stereocenters. The van der Waals surface area contributed by atoms with Crippen molar-refractivity contribution in [2.24, 2.45) is 0 Å². The molecule has 0 saturated heterocycles. The van der Waals surface area contributed by atoms with Crippen molar-refractivity contribution in [1.29, 1.82) is 0 Å². The first kappa shape index (κ1) is 13.3. The van der Waals surface area contributed by atoms with Crippen LogP contribution in [0.3, 0.4) is 0 Å². The van der Waals surface area contributed by atoms with Gasteiger partial charge in [0.15, 0.2) is 5.82 Å². The normalized spacial score (nSPS) is 10.9. The van der Waals surface area contributed by atoms with Crippen molar-refractivity contribution < 1.29 is 0 Å². The Morgan fingerprint density at radius 2 is 2.00 bits per heavy atom. The molecular weight excluding hydrogens is 290 g/mol. The molecule has 1 aromatic carbocycles. The van der Waals surface area contributed by atoms with E-state index in [0.717, 1.165) is 44.7 Å².